The number of carbonyl (C=O) groups excluding carboxylic acids is 1. The second-order valence-electron chi connectivity index (χ2n) is 4.78. The first-order valence-corrected chi connectivity index (χ1v) is 6.96. The van der Waals surface area contributed by atoms with E-state index in [2.05, 4.69) is 18.1 Å². The summed E-state index contributed by atoms with van der Waals surface area (Å²) in [5.74, 6) is 0.416. The molecule has 2 rings (SSSR count). The first-order chi connectivity index (χ1) is 10.2. The molecule has 1 atom stereocenters. The zero-order valence-electron chi connectivity index (χ0n) is 12.0. The van der Waals surface area contributed by atoms with Gasteiger partial charge in [-0.25, -0.2) is 4.98 Å². The predicted molar refractivity (Wildman–Crippen MR) is 80.4 cm³/mol. The van der Waals surface area contributed by atoms with E-state index in [1.165, 1.54) is 6.20 Å². The maximum atomic E-state index is 12.3. The average Bonchev–Trinajstić information content (AvgIpc) is 3.00. The first-order valence-electron chi connectivity index (χ1n) is 6.96. The van der Waals surface area contributed by atoms with Crippen molar-refractivity contribution in [2.45, 2.75) is 12.5 Å². The highest BCUT2D eigenvalue weighted by Gasteiger charge is 2.18. The number of pyridine rings is 1. The molecule has 21 heavy (non-hydrogen) atoms. The van der Waals surface area contributed by atoms with Crippen molar-refractivity contribution in [3.63, 3.8) is 0 Å². The molecule has 0 bridgehead atoms. The number of carbonyl (C=O) groups is 1. The Morgan fingerprint density at radius 2 is 2.19 bits per heavy atom. The van der Waals surface area contributed by atoms with Crippen LogP contribution in [0.5, 0.6) is 5.88 Å². The summed E-state index contributed by atoms with van der Waals surface area (Å²) in [5.41, 5.74) is 0.522. The second kappa shape index (κ2) is 7.59. The lowest BCUT2D eigenvalue weighted by atomic mass is 10.2. The van der Waals surface area contributed by atoms with Gasteiger partial charge in [-0.05, 0) is 6.07 Å². The van der Waals surface area contributed by atoms with Gasteiger partial charge < -0.3 is 14.4 Å². The highest BCUT2D eigenvalue weighted by Crippen LogP contribution is 2.15. The van der Waals surface area contributed by atoms with Crippen molar-refractivity contribution in [2.24, 2.45) is 0 Å². The van der Waals surface area contributed by atoms with Gasteiger partial charge in [-0.2, -0.15) is 0 Å². The first kappa shape index (κ1) is 15.3. The van der Waals surface area contributed by atoms with Crippen molar-refractivity contribution in [2.75, 3.05) is 26.3 Å². The summed E-state index contributed by atoms with van der Waals surface area (Å²) in [6.45, 7) is 9.57. The summed E-state index contributed by atoms with van der Waals surface area (Å²) in [4.78, 5) is 18.1. The lowest BCUT2D eigenvalue weighted by Crippen LogP contribution is -2.31. The molecule has 1 saturated heterocycles. The molecule has 1 aromatic heterocycles. The van der Waals surface area contributed by atoms with E-state index < -0.39 is 0 Å². The zero-order valence-corrected chi connectivity index (χ0v) is 12.0. The summed E-state index contributed by atoms with van der Waals surface area (Å²) in [6.07, 6.45) is 5.83. The van der Waals surface area contributed by atoms with Crippen LogP contribution in [-0.2, 0) is 4.74 Å². The Morgan fingerprint density at radius 1 is 1.43 bits per heavy atom. The minimum Gasteiger partial charge on any atom is -0.472 e. The average molecular weight is 288 g/mol. The van der Waals surface area contributed by atoms with E-state index >= 15 is 0 Å². The van der Waals surface area contributed by atoms with Gasteiger partial charge in [0.15, 0.2) is 0 Å². The minimum absolute atomic E-state index is 0.0529. The Labute approximate surface area is 124 Å². The standard InChI is InChI=1S/C16H20N2O3/c1-3-8-18(9-4-2)16(19)13-5-6-15(17-11-13)21-14-7-10-20-12-14/h3-6,11,14H,1-2,7-10,12H2. The maximum Gasteiger partial charge on any atom is 0.255 e. The molecular weight excluding hydrogens is 268 g/mol. The maximum absolute atomic E-state index is 12.3. The van der Waals surface area contributed by atoms with Crippen molar-refractivity contribution in [3.05, 3.63) is 49.2 Å². The van der Waals surface area contributed by atoms with E-state index in [1.807, 2.05) is 0 Å². The predicted octanol–water partition coefficient (Wildman–Crippen LogP) is 2.06. The number of aromatic nitrogens is 1. The SMILES string of the molecule is C=CCN(CC=C)C(=O)c1ccc(OC2CCOC2)nc1. The monoisotopic (exact) mass is 288 g/mol. The molecule has 1 fully saturated rings. The van der Waals surface area contributed by atoms with Crippen LogP contribution in [0.25, 0.3) is 0 Å². The molecule has 1 aromatic rings. The number of ether oxygens (including phenoxy) is 2. The van der Waals surface area contributed by atoms with Gasteiger partial charge >= 0.3 is 0 Å². The third-order valence-corrected chi connectivity index (χ3v) is 3.14. The molecule has 2 heterocycles. The van der Waals surface area contributed by atoms with Gasteiger partial charge in [0.1, 0.15) is 6.10 Å². The number of hydrogen-bond donors (Lipinski definition) is 0. The molecule has 0 radical (unpaired) electrons. The molecule has 0 aromatic carbocycles. The topological polar surface area (TPSA) is 51.7 Å². The summed E-state index contributed by atoms with van der Waals surface area (Å²) in [6, 6.07) is 3.44. The van der Waals surface area contributed by atoms with E-state index in [-0.39, 0.29) is 12.0 Å². The van der Waals surface area contributed by atoms with Crippen LogP contribution in [0.2, 0.25) is 0 Å². The fraction of sp³-hybridized carbons (Fsp3) is 0.375. The van der Waals surface area contributed by atoms with E-state index in [9.17, 15) is 4.79 Å². The second-order valence-corrected chi connectivity index (χ2v) is 4.78. The highest BCUT2D eigenvalue weighted by molar-refractivity contribution is 5.94. The van der Waals surface area contributed by atoms with Crippen LogP contribution < -0.4 is 4.74 Å². The molecule has 1 unspecified atom stereocenters. The molecule has 1 aliphatic rings. The van der Waals surface area contributed by atoms with Gasteiger partial charge in [0.25, 0.3) is 5.91 Å². The molecule has 0 N–H and O–H groups in total. The number of hydrogen-bond acceptors (Lipinski definition) is 4. The third-order valence-electron chi connectivity index (χ3n) is 3.14. The lowest BCUT2D eigenvalue weighted by molar-refractivity contribution is 0.0790. The summed E-state index contributed by atoms with van der Waals surface area (Å²) >= 11 is 0. The normalized spacial score (nSPS) is 17.2. The van der Waals surface area contributed by atoms with E-state index in [1.54, 1.807) is 29.2 Å². The summed E-state index contributed by atoms with van der Waals surface area (Å²) in [7, 11) is 0. The molecule has 0 saturated carbocycles. The van der Waals surface area contributed by atoms with Gasteiger partial charge in [-0.1, -0.05) is 12.2 Å². The van der Waals surface area contributed by atoms with Crippen LogP contribution in [0.4, 0.5) is 0 Å². The number of rotatable bonds is 7. The largest absolute Gasteiger partial charge is 0.472 e. The van der Waals surface area contributed by atoms with Crippen molar-refractivity contribution in [3.8, 4) is 5.88 Å². The van der Waals surface area contributed by atoms with Crippen molar-refractivity contribution >= 4 is 5.91 Å². The van der Waals surface area contributed by atoms with Crippen molar-refractivity contribution in [1.82, 2.24) is 9.88 Å². The van der Waals surface area contributed by atoms with Crippen LogP contribution in [0.15, 0.2) is 43.6 Å². The van der Waals surface area contributed by atoms with Crippen LogP contribution in [-0.4, -0.2) is 48.2 Å². The Bertz CT molecular complexity index is 483. The summed E-state index contributed by atoms with van der Waals surface area (Å²) in [5, 5.41) is 0. The molecule has 1 aliphatic heterocycles. The zero-order chi connectivity index (χ0) is 15.1. The lowest BCUT2D eigenvalue weighted by Gasteiger charge is -2.19. The van der Waals surface area contributed by atoms with Gasteiger partial charge in [0, 0.05) is 31.8 Å². The van der Waals surface area contributed by atoms with Crippen LogP contribution in [0, 0.1) is 0 Å². The number of nitrogens with zero attached hydrogens (tertiary/aromatic N) is 2. The molecular formula is C16H20N2O3. The Morgan fingerprint density at radius 3 is 2.71 bits per heavy atom. The van der Waals surface area contributed by atoms with Crippen LogP contribution >= 0.6 is 0 Å². The Balaban J connectivity index is 2.00. The molecule has 0 spiro atoms. The quantitative estimate of drug-likeness (QED) is 0.721. The highest BCUT2D eigenvalue weighted by atomic mass is 16.5. The molecule has 5 nitrogen and oxygen atoms in total. The smallest absolute Gasteiger partial charge is 0.255 e. The Hall–Kier alpha value is -2.14. The molecule has 0 aliphatic carbocycles. The fourth-order valence-corrected chi connectivity index (χ4v) is 2.09. The van der Waals surface area contributed by atoms with Gasteiger partial charge in [0.05, 0.1) is 18.8 Å². The van der Waals surface area contributed by atoms with Gasteiger partial charge in [-0.15, -0.1) is 13.2 Å². The number of amides is 1. The van der Waals surface area contributed by atoms with Gasteiger partial charge in [0.2, 0.25) is 5.88 Å². The van der Waals surface area contributed by atoms with E-state index in [0.717, 1.165) is 13.0 Å². The van der Waals surface area contributed by atoms with Crippen LogP contribution in [0.1, 0.15) is 16.8 Å². The summed E-state index contributed by atoms with van der Waals surface area (Å²) < 4.78 is 10.9. The molecule has 1 amide bonds. The minimum atomic E-state index is -0.0990. The van der Waals surface area contributed by atoms with E-state index in [4.69, 9.17) is 9.47 Å². The van der Waals surface area contributed by atoms with E-state index in [0.29, 0.717) is 31.1 Å². The molecule has 5 heteroatoms. The van der Waals surface area contributed by atoms with Gasteiger partial charge in [-0.3, -0.25) is 4.79 Å². The third kappa shape index (κ3) is 4.16. The van der Waals surface area contributed by atoms with Crippen molar-refractivity contribution in [1.29, 1.82) is 0 Å². The molecule has 112 valence electrons. The van der Waals surface area contributed by atoms with Crippen LogP contribution in [0.3, 0.4) is 0 Å². The fourth-order valence-electron chi connectivity index (χ4n) is 2.09. The Kier molecular flexibility index (Phi) is 5.51. The van der Waals surface area contributed by atoms with Crippen molar-refractivity contribution < 1.29 is 14.3 Å².